The second kappa shape index (κ2) is 11.4. The zero-order valence-electron chi connectivity index (χ0n) is 21.8. The summed E-state index contributed by atoms with van der Waals surface area (Å²) in [7, 11) is 0. The second-order valence-electron chi connectivity index (χ2n) is 7.90. The first-order valence-corrected chi connectivity index (χ1v) is 10.6. The Kier molecular flexibility index (Phi) is 6.23. The van der Waals surface area contributed by atoms with Gasteiger partial charge in [0.1, 0.15) is 5.75 Å². The van der Waals surface area contributed by atoms with E-state index in [9.17, 15) is 4.79 Å². The van der Waals surface area contributed by atoms with Crippen LogP contribution in [0.25, 0.3) is 0 Å². The molecular formula is C23H37N3O2. The molecule has 0 spiro atoms. The lowest BCUT2D eigenvalue weighted by atomic mass is 10.0. The van der Waals surface area contributed by atoms with Gasteiger partial charge in [-0.3, -0.25) is 9.69 Å². The van der Waals surface area contributed by atoms with Gasteiger partial charge >= 0.3 is 0 Å². The lowest BCUT2D eigenvalue weighted by molar-refractivity contribution is -0.121. The molecule has 1 aromatic carbocycles. The molecule has 0 aliphatic carbocycles. The highest BCUT2D eigenvalue weighted by Crippen LogP contribution is 2.17. The number of likely N-dealkylation sites (tertiary alicyclic amines) is 2. The van der Waals surface area contributed by atoms with E-state index < -0.39 is 19.1 Å². The van der Waals surface area contributed by atoms with Crippen molar-refractivity contribution in [2.45, 2.75) is 64.3 Å². The van der Waals surface area contributed by atoms with E-state index in [1.165, 1.54) is 37.9 Å². The smallest absolute Gasteiger partial charge is 0.219 e. The molecule has 0 atom stereocenters. The molecule has 2 saturated heterocycles. The molecule has 0 bridgehead atoms. The molecule has 0 radical (unpaired) electrons. The minimum absolute atomic E-state index is 0.202. The first-order chi connectivity index (χ1) is 15.6. The van der Waals surface area contributed by atoms with Crippen molar-refractivity contribution >= 4 is 5.91 Å². The SMILES string of the molecule is [3H]C([3H])([3H])C([3H])([3H])C(=O)NC1CCN(Cc2ccc(OCCCN3CCCCC3)cc2)CC1. The molecule has 0 saturated carbocycles. The van der Waals surface area contributed by atoms with Gasteiger partial charge in [-0.1, -0.05) is 25.4 Å². The van der Waals surface area contributed by atoms with Gasteiger partial charge in [-0.05, 0) is 62.9 Å². The number of carbonyl (C=O) groups is 1. The van der Waals surface area contributed by atoms with E-state index in [1.54, 1.807) is 0 Å². The number of benzene rings is 1. The first-order valence-electron chi connectivity index (χ1n) is 13.1. The van der Waals surface area contributed by atoms with Crippen LogP contribution in [-0.4, -0.2) is 61.1 Å². The molecule has 5 nitrogen and oxygen atoms in total. The van der Waals surface area contributed by atoms with Gasteiger partial charge < -0.3 is 15.0 Å². The van der Waals surface area contributed by atoms with Crippen molar-refractivity contribution in [2.75, 3.05) is 39.3 Å². The van der Waals surface area contributed by atoms with Crippen molar-refractivity contribution in [3.8, 4) is 5.75 Å². The summed E-state index contributed by atoms with van der Waals surface area (Å²) < 4.78 is 42.7. The molecule has 2 fully saturated rings. The van der Waals surface area contributed by atoms with E-state index in [-0.39, 0.29) is 6.04 Å². The topological polar surface area (TPSA) is 44.8 Å². The van der Waals surface area contributed by atoms with E-state index in [0.29, 0.717) is 12.8 Å². The quantitative estimate of drug-likeness (QED) is 0.649. The Morgan fingerprint density at radius 3 is 2.61 bits per heavy atom. The molecule has 5 heteroatoms. The molecule has 156 valence electrons. The average Bonchev–Trinajstić information content (AvgIpc) is 2.79. The average molecular weight is 398 g/mol. The lowest BCUT2D eigenvalue weighted by Gasteiger charge is -2.32. The van der Waals surface area contributed by atoms with Crippen LogP contribution in [0.4, 0.5) is 0 Å². The summed E-state index contributed by atoms with van der Waals surface area (Å²) in [4.78, 5) is 16.9. The minimum Gasteiger partial charge on any atom is -0.494 e. The zero-order valence-corrected chi connectivity index (χ0v) is 16.8. The van der Waals surface area contributed by atoms with Gasteiger partial charge in [0.05, 0.1) is 6.61 Å². The number of hydrogen-bond acceptors (Lipinski definition) is 4. The maximum Gasteiger partial charge on any atom is 0.219 e. The van der Waals surface area contributed by atoms with Crippen molar-refractivity contribution < 1.29 is 16.4 Å². The van der Waals surface area contributed by atoms with Gasteiger partial charge in [-0.2, -0.15) is 0 Å². The normalized spacial score (nSPS) is 23.1. The van der Waals surface area contributed by atoms with Gasteiger partial charge in [-0.15, -0.1) is 0 Å². The van der Waals surface area contributed by atoms with Crippen LogP contribution in [0.3, 0.4) is 0 Å². The van der Waals surface area contributed by atoms with Crippen LogP contribution in [0.5, 0.6) is 5.75 Å². The second-order valence-corrected chi connectivity index (χ2v) is 7.90. The monoisotopic (exact) mass is 397 g/mol. The molecule has 2 aliphatic rings. The molecule has 0 unspecified atom stereocenters. The van der Waals surface area contributed by atoms with Crippen LogP contribution in [0.15, 0.2) is 24.3 Å². The molecule has 1 aromatic rings. The van der Waals surface area contributed by atoms with Crippen molar-refractivity contribution in [1.29, 1.82) is 0 Å². The standard InChI is InChI=1S/C23H37N3O2/c1-2-23(27)24-21-11-16-26(17-12-21)19-20-7-9-22(10-8-20)28-18-6-15-25-13-4-3-5-14-25/h7-10,21H,2-6,11-19H2,1H3,(H,24,27)/i1T3,2T2. The Morgan fingerprint density at radius 2 is 1.89 bits per heavy atom. The van der Waals surface area contributed by atoms with Gasteiger partial charge in [0.25, 0.3) is 0 Å². The number of nitrogens with zero attached hydrogens (tertiary/aromatic N) is 2. The van der Waals surface area contributed by atoms with Crippen molar-refractivity contribution in [3.05, 3.63) is 29.8 Å². The van der Waals surface area contributed by atoms with Gasteiger partial charge in [0, 0.05) is 45.4 Å². The van der Waals surface area contributed by atoms with Crippen LogP contribution >= 0.6 is 0 Å². The predicted molar refractivity (Wildman–Crippen MR) is 114 cm³/mol. The molecular weight excluding hydrogens is 350 g/mol. The summed E-state index contributed by atoms with van der Waals surface area (Å²) >= 11 is 0. The van der Waals surface area contributed by atoms with Gasteiger partial charge in [0.2, 0.25) is 5.91 Å². The van der Waals surface area contributed by atoms with E-state index in [0.717, 1.165) is 45.0 Å². The maximum absolute atomic E-state index is 12.1. The minimum atomic E-state index is -2.97. The van der Waals surface area contributed by atoms with Crippen molar-refractivity contribution in [3.63, 3.8) is 0 Å². The molecule has 2 heterocycles. The molecule has 0 aromatic heterocycles. The van der Waals surface area contributed by atoms with Crippen LogP contribution in [0.2, 0.25) is 0 Å². The summed E-state index contributed by atoms with van der Waals surface area (Å²) in [5, 5.41) is 2.58. The summed E-state index contributed by atoms with van der Waals surface area (Å²) in [6.07, 6.45) is 3.50. The summed E-state index contributed by atoms with van der Waals surface area (Å²) in [6, 6.07) is 7.99. The summed E-state index contributed by atoms with van der Waals surface area (Å²) in [5.74, 6) is -0.158. The number of piperidine rings is 2. The Bertz CT molecular complexity index is 743. The highest BCUT2D eigenvalue weighted by Gasteiger charge is 2.20. The highest BCUT2D eigenvalue weighted by molar-refractivity contribution is 5.75. The molecule has 28 heavy (non-hydrogen) atoms. The van der Waals surface area contributed by atoms with E-state index in [4.69, 9.17) is 11.6 Å². The fourth-order valence-electron chi connectivity index (χ4n) is 4.07. The molecule has 1 amide bonds. The Morgan fingerprint density at radius 1 is 1.14 bits per heavy atom. The lowest BCUT2D eigenvalue weighted by Crippen LogP contribution is -2.44. The van der Waals surface area contributed by atoms with Crippen molar-refractivity contribution in [2.24, 2.45) is 0 Å². The Balaban J connectivity index is 1.34. The number of carbonyl (C=O) groups excluding carboxylic acids is 1. The van der Waals surface area contributed by atoms with Crippen LogP contribution < -0.4 is 10.1 Å². The summed E-state index contributed by atoms with van der Waals surface area (Å²) in [6.45, 7) is 3.62. The Labute approximate surface area is 177 Å². The third kappa shape index (κ3) is 7.10. The number of amides is 1. The third-order valence-electron chi connectivity index (χ3n) is 5.70. The Hall–Kier alpha value is -1.59. The van der Waals surface area contributed by atoms with E-state index >= 15 is 0 Å². The fourth-order valence-corrected chi connectivity index (χ4v) is 4.07. The summed E-state index contributed by atoms with van der Waals surface area (Å²) in [5.41, 5.74) is 1.19. The van der Waals surface area contributed by atoms with Gasteiger partial charge in [0.15, 0.2) is 0 Å². The van der Waals surface area contributed by atoms with Crippen LogP contribution in [-0.2, 0) is 11.3 Å². The number of ether oxygens (including phenoxy) is 1. The highest BCUT2D eigenvalue weighted by atomic mass is 16.5. The van der Waals surface area contributed by atoms with Gasteiger partial charge in [-0.25, -0.2) is 0 Å². The number of hydrogen-bond donors (Lipinski definition) is 1. The molecule has 1 N–H and O–H groups in total. The van der Waals surface area contributed by atoms with Crippen molar-refractivity contribution in [1.82, 2.24) is 15.1 Å². The molecule has 3 rings (SSSR count). The predicted octanol–water partition coefficient (Wildman–Crippen LogP) is 3.43. The maximum atomic E-state index is 12.1. The van der Waals surface area contributed by atoms with Crippen LogP contribution in [0, 0.1) is 0 Å². The molecule has 2 aliphatic heterocycles. The number of rotatable bonds is 9. The zero-order chi connectivity index (χ0) is 23.9. The largest absolute Gasteiger partial charge is 0.494 e. The third-order valence-corrected chi connectivity index (χ3v) is 5.70. The number of nitrogens with one attached hydrogen (secondary N) is 1. The van der Waals surface area contributed by atoms with Crippen LogP contribution in [0.1, 0.15) is 64.2 Å². The fraction of sp³-hybridized carbons (Fsp3) is 0.696. The first kappa shape index (κ1) is 15.3. The van der Waals surface area contributed by atoms with E-state index in [2.05, 4.69) is 27.2 Å². The van der Waals surface area contributed by atoms with E-state index in [1.807, 2.05) is 12.1 Å².